The van der Waals surface area contributed by atoms with Crippen molar-refractivity contribution in [3.05, 3.63) is 46.9 Å². The first-order valence-corrected chi connectivity index (χ1v) is 13.7. The van der Waals surface area contributed by atoms with E-state index in [1.807, 2.05) is 12.1 Å². The van der Waals surface area contributed by atoms with Gasteiger partial charge in [0.25, 0.3) is 0 Å². The van der Waals surface area contributed by atoms with Crippen LogP contribution in [0.3, 0.4) is 0 Å². The minimum atomic E-state index is -2.89. The Bertz CT molecular complexity index is 1330. The number of H-pyrrole nitrogens is 1. The van der Waals surface area contributed by atoms with E-state index in [1.54, 1.807) is 12.4 Å². The molecule has 0 amide bonds. The molecule has 5 rings (SSSR count). The van der Waals surface area contributed by atoms with Crippen LogP contribution in [0.15, 0.2) is 24.5 Å². The molecule has 180 valence electrons. The number of fused-ring (bicyclic) bond motifs is 4. The summed E-state index contributed by atoms with van der Waals surface area (Å²) in [5, 5.41) is 7.83. The van der Waals surface area contributed by atoms with Crippen molar-refractivity contribution in [2.24, 2.45) is 5.92 Å². The number of hydrogen-bond donors (Lipinski definition) is 3. The van der Waals surface area contributed by atoms with E-state index in [0.717, 1.165) is 66.9 Å². The molecular formula is C24H29N5O4S. The predicted octanol–water partition coefficient (Wildman–Crippen LogP) is 2.89. The smallest absolute Gasteiger partial charge is 0.338 e. The van der Waals surface area contributed by atoms with E-state index in [2.05, 4.69) is 25.6 Å². The number of aromatic nitrogens is 3. The van der Waals surface area contributed by atoms with Gasteiger partial charge < -0.3 is 20.4 Å². The first-order chi connectivity index (χ1) is 16.4. The number of aromatic amines is 1. The molecule has 1 aliphatic carbocycles. The zero-order chi connectivity index (χ0) is 23.7. The maximum Gasteiger partial charge on any atom is 0.338 e. The highest BCUT2D eigenvalue weighted by Gasteiger charge is 2.25. The molecule has 2 aliphatic rings. The minimum Gasteiger partial charge on any atom is -0.457 e. The van der Waals surface area contributed by atoms with Gasteiger partial charge in [0, 0.05) is 23.2 Å². The van der Waals surface area contributed by atoms with E-state index in [0.29, 0.717) is 24.5 Å². The van der Waals surface area contributed by atoms with E-state index >= 15 is 0 Å². The molecule has 3 heterocycles. The summed E-state index contributed by atoms with van der Waals surface area (Å²) in [5.41, 5.74) is 5.68. The van der Waals surface area contributed by atoms with Gasteiger partial charge in [0.2, 0.25) is 0 Å². The molecule has 10 heteroatoms. The van der Waals surface area contributed by atoms with Crippen LogP contribution >= 0.6 is 0 Å². The zero-order valence-corrected chi connectivity index (χ0v) is 20.0. The van der Waals surface area contributed by atoms with E-state index < -0.39 is 9.84 Å². The van der Waals surface area contributed by atoms with Crippen LogP contribution in [0.2, 0.25) is 0 Å². The zero-order valence-electron chi connectivity index (χ0n) is 19.2. The second-order valence-electron chi connectivity index (χ2n) is 9.23. The lowest BCUT2D eigenvalue weighted by atomic mass is 9.84. The molecule has 0 fully saturated rings. The van der Waals surface area contributed by atoms with E-state index in [4.69, 9.17) is 4.74 Å². The lowest BCUT2D eigenvalue weighted by molar-refractivity contribution is 0.0535. The molecule has 0 saturated heterocycles. The first kappa shape index (κ1) is 22.8. The van der Waals surface area contributed by atoms with Crippen molar-refractivity contribution < 1.29 is 17.9 Å². The molecule has 34 heavy (non-hydrogen) atoms. The summed E-state index contributed by atoms with van der Waals surface area (Å²) in [6.07, 6.45) is 7.56. The number of esters is 1. The fourth-order valence-electron chi connectivity index (χ4n) is 4.89. The summed E-state index contributed by atoms with van der Waals surface area (Å²) in [5.74, 6) is 1.25. The molecular weight excluding hydrogens is 454 g/mol. The van der Waals surface area contributed by atoms with E-state index in [-0.39, 0.29) is 11.7 Å². The Kier molecular flexibility index (Phi) is 6.26. The topological polar surface area (TPSA) is 126 Å². The van der Waals surface area contributed by atoms with E-state index in [9.17, 15) is 13.2 Å². The van der Waals surface area contributed by atoms with Crippen molar-refractivity contribution in [1.29, 1.82) is 0 Å². The highest BCUT2D eigenvalue weighted by atomic mass is 32.2. The van der Waals surface area contributed by atoms with Crippen molar-refractivity contribution in [2.45, 2.75) is 38.7 Å². The van der Waals surface area contributed by atoms with Gasteiger partial charge >= 0.3 is 5.97 Å². The molecule has 1 aromatic carbocycles. The van der Waals surface area contributed by atoms with Crippen molar-refractivity contribution >= 4 is 38.3 Å². The molecule has 0 radical (unpaired) electrons. The van der Waals surface area contributed by atoms with Gasteiger partial charge in [0.15, 0.2) is 0 Å². The number of sulfone groups is 1. The molecule has 1 unspecified atom stereocenters. The van der Waals surface area contributed by atoms with Gasteiger partial charge in [-0.05, 0) is 74.9 Å². The molecule has 0 spiro atoms. The summed E-state index contributed by atoms with van der Waals surface area (Å²) in [6, 6.07) is 5.60. The summed E-state index contributed by atoms with van der Waals surface area (Å²) in [6.45, 7) is 1.90. The number of nitrogens with one attached hydrogen (secondary N) is 3. The van der Waals surface area contributed by atoms with E-state index in [1.165, 1.54) is 17.5 Å². The Morgan fingerprint density at radius 1 is 1.24 bits per heavy atom. The van der Waals surface area contributed by atoms with Gasteiger partial charge in [-0.15, -0.1) is 0 Å². The fraction of sp³-hybridized carbons (Fsp3) is 0.458. The van der Waals surface area contributed by atoms with Crippen LogP contribution in [-0.4, -0.2) is 54.4 Å². The fourth-order valence-corrected chi connectivity index (χ4v) is 5.56. The van der Waals surface area contributed by atoms with Crippen LogP contribution < -0.4 is 10.6 Å². The predicted molar refractivity (Wildman–Crippen MR) is 130 cm³/mol. The summed E-state index contributed by atoms with van der Waals surface area (Å²) in [7, 11) is -2.89. The molecule has 1 atom stereocenters. The van der Waals surface area contributed by atoms with Crippen molar-refractivity contribution in [2.75, 3.05) is 30.4 Å². The van der Waals surface area contributed by atoms with Crippen molar-refractivity contribution in [1.82, 2.24) is 20.3 Å². The number of nitrogens with zero attached hydrogens (tertiary/aromatic N) is 2. The van der Waals surface area contributed by atoms with Crippen LogP contribution in [0.25, 0.3) is 11.0 Å². The molecule has 3 aromatic rings. The Morgan fingerprint density at radius 2 is 2.12 bits per heavy atom. The number of carbonyl (C=O) groups excluding carboxylic acids is 1. The molecule has 0 bridgehead atoms. The average molecular weight is 484 g/mol. The van der Waals surface area contributed by atoms with Gasteiger partial charge in [-0.1, -0.05) is 0 Å². The maximum atomic E-state index is 11.7. The third-order valence-corrected chi connectivity index (χ3v) is 7.65. The molecule has 0 saturated carbocycles. The van der Waals surface area contributed by atoms with Crippen molar-refractivity contribution in [3.63, 3.8) is 0 Å². The minimum absolute atomic E-state index is 0.228. The maximum absolute atomic E-state index is 11.7. The second-order valence-corrected chi connectivity index (χ2v) is 11.5. The van der Waals surface area contributed by atoms with Gasteiger partial charge in [-0.3, -0.25) is 0 Å². The second kappa shape index (κ2) is 9.34. The van der Waals surface area contributed by atoms with Gasteiger partial charge in [-0.2, -0.15) is 0 Å². The SMILES string of the molecule is CS(=O)(=O)CCCNCCC1CCc2[nH]c3ncnc(Nc4ccc5c(c4)COC5=O)c3c2C1. The lowest BCUT2D eigenvalue weighted by Crippen LogP contribution is -2.23. The van der Waals surface area contributed by atoms with Gasteiger partial charge in [-0.25, -0.2) is 23.2 Å². The van der Waals surface area contributed by atoms with Crippen LogP contribution in [0.5, 0.6) is 0 Å². The van der Waals surface area contributed by atoms with Gasteiger partial charge in [0.05, 0.1) is 16.7 Å². The van der Waals surface area contributed by atoms with Crippen LogP contribution in [0.1, 0.15) is 46.4 Å². The summed E-state index contributed by atoms with van der Waals surface area (Å²) in [4.78, 5) is 24.2. The number of ether oxygens (including phenoxy) is 1. The average Bonchev–Trinajstić information content (AvgIpc) is 3.36. The van der Waals surface area contributed by atoms with Gasteiger partial charge in [0.1, 0.15) is 34.2 Å². The highest BCUT2D eigenvalue weighted by Crippen LogP contribution is 2.36. The third kappa shape index (κ3) is 4.92. The number of cyclic esters (lactones) is 1. The standard InChI is InChI=1S/C24H29N5O4S/c1-34(31,32)10-2-8-25-9-7-15-3-6-20-19(11-15)21-22(26-14-27-23(21)29-20)28-17-4-5-18-16(12-17)13-33-24(18)30/h4-5,12,14-15,25H,2-3,6-11,13H2,1H3,(H2,26,27,28,29). The number of benzene rings is 1. The quantitative estimate of drug-likeness (QED) is 0.313. The monoisotopic (exact) mass is 483 g/mol. The van der Waals surface area contributed by atoms with Crippen LogP contribution in [-0.2, 0) is 34.0 Å². The Balaban J connectivity index is 1.27. The number of rotatable bonds is 9. The Morgan fingerprint density at radius 3 is 2.97 bits per heavy atom. The van der Waals surface area contributed by atoms with Crippen molar-refractivity contribution in [3.8, 4) is 0 Å². The number of anilines is 2. The molecule has 1 aliphatic heterocycles. The Labute approximate surface area is 198 Å². The highest BCUT2D eigenvalue weighted by molar-refractivity contribution is 7.90. The molecule has 2 aromatic heterocycles. The largest absolute Gasteiger partial charge is 0.457 e. The third-order valence-electron chi connectivity index (χ3n) is 6.62. The molecule has 3 N–H and O–H groups in total. The summed E-state index contributed by atoms with van der Waals surface area (Å²) >= 11 is 0. The number of hydrogen-bond acceptors (Lipinski definition) is 8. The normalized spacial score (nSPS) is 17.4. The number of aryl methyl sites for hydroxylation is 1. The summed E-state index contributed by atoms with van der Waals surface area (Å²) < 4.78 is 27.6. The van der Waals surface area contributed by atoms with Crippen LogP contribution in [0, 0.1) is 5.92 Å². The Hall–Kier alpha value is -2.98. The first-order valence-electron chi connectivity index (χ1n) is 11.7. The molecule has 9 nitrogen and oxygen atoms in total. The van der Waals surface area contributed by atoms with Crippen LogP contribution in [0.4, 0.5) is 11.5 Å². The number of carbonyl (C=O) groups is 1. The lowest BCUT2D eigenvalue weighted by Gasteiger charge is -2.23.